The van der Waals surface area contributed by atoms with Crippen molar-refractivity contribution in [2.75, 3.05) is 0 Å². The summed E-state index contributed by atoms with van der Waals surface area (Å²) in [6, 6.07) is 1.94. The van der Waals surface area contributed by atoms with E-state index in [1.165, 1.54) is 18.4 Å². The van der Waals surface area contributed by atoms with Crippen LogP contribution < -0.4 is 0 Å². The number of hydrogen-bond acceptors (Lipinski definition) is 2. The van der Waals surface area contributed by atoms with Crippen molar-refractivity contribution >= 4 is 5.97 Å². The van der Waals surface area contributed by atoms with Gasteiger partial charge < -0.3 is 5.11 Å². The quantitative estimate of drug-likeness (QED) is 0.762. The Hall–Kier alpha value is -1.38. The lowest BCUT2D eigenvalue weighted by Gasteiger charge is -2.04. The Labute approximate surface area is 76.4 Å². The summed E-state index contributed by atoms with van der Waals surface area (Å²) in [5.41, 5.74) is 2.05. The van der Waals surface area contributed by atoms with Crippen molar-refractivity contribution in [1.29, 1.82) is 0 Å². The standard InChI is InChI=1S/C10H11NO2/c12-10(13)5-8-6-11-4-3-9(8)7-1-2-7/h3-4,6-7H,1-2,5H2,(H,12,13). The second kappa shape index (κ2) is 3.17. The topological polar surface area (TPSA) is 50.2 Å². The highest BCUT2D eigenvalue weighted by Crippen LogP contribution is 2.41. The molecule has 1 fully saturated rings. The van der Waals surface area contributed by atoms with Crippen LogP contribution in [0, 0.1) is 0 Å². The molecule has 0 unspecified atom stereocenters. The van der Waals surface area contributed by atoms with Crippen LogP contribution in [-0.2, 0) is 11.2 Å². The minimum Gasteiger partial charge on any atom is -0.481 e. The largest absolute Gasteiger partial charge is 0.481 e. The molecule has 3 heteroatoms. The molecule has 0 amide bonds. The number of carboxylic acids is 1. The van der Waals surface area contributed by atoms with Crippen LogP contribution in [0.3, 0.4) is 0 Å². The number of nitrogens with zero attached hydrogens (tertiary/aromatic N) is 1. The summed E-state index contributed by atoms with van der Waals surface area (Å²) >= 11 is 0. The van der Waals surface area contributed by atoms with Gasteiger partial charge in [-0.3, -0.25) is 9.78 Å². The van der Waals surface area contributed by atoms with Gasteiger partial charge in [0.2, 0.25) is 0 Å². The van der Waals surface area contributed by atoms with Crippen LogP contribution in [0.25, 0.3) is 0 Å². The molecule has 1 aliphatic rings. The van der Waals surface area contributed by atoms with Crippen LogP contribution in [0.2, 0.25) is 0 Å². The highest BCUT2D eigenvalue weighted by Gasteiger charge is 2.26. The van der Waals surface area contributed by atoms with E-state index in [1.807, 2.05) is 6.07 Å². The van der Waals surface area contributed by atoms with Gasteiger partial charge in [0.15, 0.2) is 0 Å². The number of pyridine rings is 1. The van der Waals surface area contributed by atoms with Crippen molar-refractivity contribution in [3.63, 3.8) is 0 Å². The Balaban J connectivity index is 2.26. The molecule has 2 rings (SSSR count). The fourth-order valence-corrected chi connectivity index (χ4v) is 1.54. The monoisotopic (exact) mass is 177 g/mol. The third kappa shape index (κ3) is 1.86. The maximum atomic E-state index is 10.5. The normalized spacial score (nSPS) is 15.7. The molecule has 1 N–H and O–H groups in total. The first kappa shape index (κ1) is 8.23. The number of carbonyl (C=O) groups is 1. The van der Waals surface area contributed by atoms with Gasteiger partial charge in [0.05, 0.1) is 6.42 Å². The molecule has 0 radical (unpaired) electrons. The molecule has 13 heavy (non-hydrogen) atoms. The number of aliphatic carboxylic acids is 1. The Bertz CT molecular complexity index is 331. The predicted octanol–water partition coefficient (Wildman–Crippen LogP) is 1.59. The lowest BCUT2D eigenvalue weighted by molar-refractivity contribution is -0.136. The summed E-state index contributed by atoms with van der Waals surface area (Å²) < 4.78 is 0. The molecular weight excluding hydrogens is 166 g/mol. The van der Waals surface area contributed by atoms with E-state index in [-0.39, 0.29) is 6.42 Å². The van der Waals surface area contributed by atoms with E-state index in [0.717, 1.165) is 5.56 Å². The third-order valence-corrected chi connectivity index (χ3v) is 2.30. The first-order valence-electron chi connectivity index (χ1n) is 4.42. The number of hydrogen-bond donors (Lipinski definition) is 1. The van der Waals surface area contributed by atoms with Gasteiger partial charge in [0.1, 0.15) is 0 Å². The zero-order valence-corrected chi connectivity index (χ0v) is 7.23. The van der Waals surface area contributed by atoms with Crippen LogP contribution in [-0.4, -0.2) is 16.1 Å². The first-order chi connectivity index (χ1) is 6.27. The molecule has 1 aromatic heterocycles. The molecule has 1 aliphatic carbocycles. The lowest BCUT2D eigenvalue weighted by atomic mass is 10.0. The van der Waals surface area contributed by atoms with Gasteiger partial charge in [-0.1, -0.05) is 0 Å². The molecule has 0 saturated heterocycles. The average Bonchev–Trinajstić information content (AvgIpc) is 2.87. The van der Waals surface area contributed by atoms with E-state index in [1.54, 1.807) is 12.4 Å². The Kier molecular flexibility index (Phi) is 2.00. The lowest BCUT2D eigenvalue weighted by Crippen LogP contribution is -2.03. The van der Waals surface area contributed by atoms with Crippen LogP contribution in [0.5, 0.6) is 0 Å². The van der Waals surface area contributed by atoms with E-state index in [0.29, 0.717) is 5.92 Å². The van der Waals surface area contributed by atoms with Crippen LogP contribution in [0.1, 0.15) is 29.9 Å². The van der Waals surface area contributed by atoms with Gasteiger partial charge in [-0.05, 0) is 36.0 Å². The van der Waals surface area contributed by atoms with Crippen molar-refractivity contribution in [2.24, 2.45) is 0 Å². The summed E-state index contributed by atoms with van der Waals surface area (Å²) in [5, 5.41) is 8.67. The SMILES string of the molecule is O=C(O)Cc1cnccc1C1CC1. The summed E-state index contributed by atoms with van der Waals surface area (Å²) in [7, 11) is 0. The minimum atomic E-state index is -0.782. The molecule has 0 spiro atoms. The maximum Gasteiger partial charge on any atom is 0.307 e. The highest BCUT2D eigenvalue weighted by molar-refractivity contribution is 5.70. The minimum absolute atomic E-state index is 0.0969. The first-order valence-corrected chi connectivity index (χ1v) is 4.42. The van der Waals surface area contributed by atoms with Gasteiger partial charge in [-0.15, -0.1) is 0 Å². The number of aromatic nitrogens is 1. The summed E-state index contributed by atoms with van der Waals surface area (Å²) in [6.45, 7) is 0. The molecule has 0 aromatic carbocycles. The molecular formula is C10H11NO2. The van der Waals surface area contributed by atoms with Crippen LogP contribution >= 0.6 is 0 Å². The number of carboxylic acid groups (broad SMARTS) is 1. The smallest absolute Gasteiger partial charge is 0.307 e. The Morgan fingerprint density at radius 2 is 2.38 bits per heavy atom. The summed E-state index contributed by atoms with van der Waals surface area (Å²) in [5.74, 6) is -0.188. The van der Waals surface area contributed by atoms with Crippen molar-refractivity contribution in [3.05, 3.63) is 29.6 Å². The van der Waals surface area contributed by atoms with E-state index in [9.17, 15) is 4.79 Å². The molecule has 1 aromatic rings. The summed E-state index contributed by atoms with van der Waals surface area (Å²) in [4.78, 5) is 14.5. The maximum absolute atomic E-state index is 10.5. The molecule has 1 saturated carbocycles. The van der Waals surface area contributed by atoms with Gasteiger partial charge >= 0.3 is 5.97 Å². The van der Waals surface area contributed by atoms with Gasteiger partial charge in [-0.2, -0.15) is 0 Å². The van der Waals surface area contributed by atoms with E-state index >= 15 is 0 Å². The van der Waals surface area contributed by atoms with Crippen molar-refractivity contribution in [2.45, 2.75) is 25.2 Å². The Morgan fingerprint density at radius 1 is 1.62 bits per heavy atom. The molecule has 3 nitrogen and oxygen atoms in total. The molecule has 0 bridgehead atoms. The third-order valence-electron chi connectivity index (χ3n) is 2.30. The second-order valence-electron chi connectivity index (χ2n) is 3.42. The average molecular weight is 177 g/mol. The number of rotatable bonds is 3. The zero-order chi connectivity index (χ0) is 9.26. The van der Waals surface area contributed by atoms with E-state index < -0.39 is 5.97 Å². The predicted molar refractivity (Wildman–Crippen MR) is 47.6 cm³/mol. The molecule has 0 atom stereocenters. The fraction of sp³-hybridized carbons (Fsp3) is 0.400. The van der Waals surface area contributed by atoms with Crippen LogP contribution in [0.15, 0.2) is 18.5 Å². The zero-order valence-electron chi connectivity index (χ0n) is 7.23. The molecule has 68 valence electrons. The Morgan fingerprint density at radius 3 is 3.00 bits per heavy atom. The van der Waals surface area contributed by atoms with Crippen molar-refractivity contribution in [3.8, 4) is 0 Å². The second-order valence-corrected chi connectivity index (χ2v) is 3.42. The van der Waals surface area contributed by atoms with Crippen LogP contribution in [0.4, 0.5) is 0 Å². The van der Waals surface area contributed by atoms with Crippen molar-refractivity contribution in [1.82, 2.24) is 4.98 Å². The van der Waals surface area contributed by atoms with Gasteiger partial charge in [0, 0.05) is 12.4 Å². The van der Waals surface area contributed by atoms with E-state index in [4.69, 9.17) is 5.11 Å². The van der Waals surface area contributed by atoms with Gasteiger partial charge in [0.25, 0.3) is 0 Å². The van der Waals surface area contributed by atoms with E-state index in [2.05, 4.69) is 4.98 Å². The molecule has 0 aliphatic heterocycles. The van der Waals surface area contributed by atoms with Gasteiger partial charge in [-0.25, -0.2) is 0 Å². The fourth-order valence-electron chi connectivity index (χ4n) is 1.54. The summed E-state index contributed by atoms with van der Waals surface area (Å²) in [6.07, 6.45) is 5.88. The highest BCUT2D eigenvalue weighted by atomic mass is 16.4. The van der Waals surface area contributed by atoms with Crippen molar-refractivity contribution < 1.29 is 9.90 Å². The molecule has 1 heterocycles.